The van der Waals surface area contributed by atoms with Gasteiger partial charge in [-0.15, -0.1) is 0 Å². The van der Waals surface area contributed by atoms with Crippen LogP contribution in [0.2, 0.25) is 0 Å². The van der Waals surface area contributed by atoms with Crippen molar-refractivity contribution in [3.8, 4) is 0 Å². The first-order valence-corrected chi connectivity index (χ1v) is 7.85. The third-order valence-electron chi connectivity index (χ3n) is 5.25. The lowest BCUT2D eigenvalue weighted by Crippen LogP contribution is -2.38. The van der Waals surface area contributed by atoms with E-state index in [4.69, 9.17) is 5.73 Å². The molecule has 1 heteroatoms. The highest BCUT2D eigenvalue weighted by Crippen LogP contribution is 2.43. The number of nitrogens with two attached hydrogens (primary N) is 1. The molecule has 19 heavy (non-hydrogen) atoms. The summed E-state index contributed by atoms with van der Waals surface area (Å²) in [5, 5.41) is 0. The minimum atomic E-state index is 0.357. The molecule has 0 spiro atoms. The minimum absolute atomic E-state index is 0.357. The van der Waals surface area contributed by atoms with Gasteiger partial charge in [-0.3, -0.25) is 0 Å². The van der Waals surface area contributed by atoms with Gasteiger partial charge in [0.1, 0.15) is 0 Å². The van der Waals surface area contributed by atoms with Crippen molar-refractivity contribution < 1.29 is 0 Å². The molecule has 1 nitrogen and oxygen atoms in total. The normalized spacial score (nSPS) is 27.5. The highest BCUT2D eigenvalue weighted by molar-refractivity contribution is 5.34. The molecule has 2 N–H and O–H groups in total. The highest BCUT2D eigenvalue weighted by Gasteiger charge is 2.35. The van der Waals surface area contributed by atoms with E-state index in [0.717, 1.165) is 12.5 Å². The van der Waals surface area contributed by atoms with Crippen LogP contribution in [-0.2, 0) is 6.42 Å². The smallest absolute Gasteiger partial charge is 0.00172 e. The number of hydrogen-bond acceptors (Lipinski definition) is 1. The zero-order valence-electron chi connectivity index (χ0n) is 12.8. The average molecular weight is 259 g/mol. The van der Waals surface area contributed by atoms with E-state index in [-0.39, 0.29) is 0 Å². The van der Waals surface area contributed by atoms with Gasteiger partial charge in [0, 0.05) is 0 Å². The summed E-state index contributed by atoms with van der Waals surface area (Å²) in [5.74, 6) is 0.890. The Hall–Kier alpha value is -0.820. The number of aryl methyl sites for hydroxylation is 2. The molecule has 106 valence electrons. The van der Waals surface area contributed by atoms with Crippen molar-refractivity contribution in [2.75, 3.05) is 6.54 Å². The summed E-state index contributed by atoms with van der Waals surface area (Å²) >= 11 is 0. The van der Waals surface area contributed by atoms with Gasteiger partial charge in [0.15, 0.2) is 0 Å². The fraction of sp³-hybridized carbons (Fsp3) is 0.667. The Morgan fingerprint density at radius 1 is 1.26 bits per heavy atom. The molecule has 1 aromatic rings. The molecule has 0 aliphatic heterocycles. The lowest BCUT2D eigenvalue weighted by molar-refractivity contribution is 0.142. The second-order valence-corrected chi connectivity index (χ2v) is 6.62. The van der Waals surface area contributed by atoms with Crippen molar-refractivity contribution in [1.82, 2.24) is 0 Å². The Morgan fingerprint density at radius 2 is 1.95 bits per heavy atom. The summed E-state index contributed by atoms with van der Waals surface area (Å²) < 4.78 is 0. The molecule has 0 bridgehead atoms. The molecule has 0 amide bonds. The molecule has 1 aromatic carbocycles. The second-order valence-electron chi connectivity index (χ2n) is 6.62. The van der Waals surface area contributed by atoms with Gasteiger partial charge in [-0.25, -0.2) is 0 Å². The Labute approximate surface area is 118 Å². The maximum atomic E-state index is 6.20. The largest absolute Gasteiger partial charge is 0.330 e. The predicted molar refractivity (Wildman–Crippen MR) is 83.4 cm³/mol. The van der Waals surface area contributed by atoms with Gasteiger partial charge in [0.25, 0.3) is 0 Å². The third kappa shape index (κ3) is 3.20. The molecule has 0 saturated heterocycles. The van der Waals surface area contributed by atoms with Crippen molar-refractivity contribution in [2.45, 2.75) is 59.3 Å². The zero-order valence-corrected chi connectivity index (χ0v) is 12.8. The van der Waals surface area contributed by atoms with Crippen molar-refractivity contribution in [3.63, 3.8) is 0 Å². The quantitative estimate of drug-likeness (QED) is 0.852. The Kier molecular flexibility index (Phi) is 4.67. The molecule has 0 heterocycles. The fourth-order valence-electron chi connectivity index (χ4n) is 3.85. The lowest BCUT2D eigenvalue weighted by atomic mass is 9.65. The van der Waals surface area contributed by atoms with Crippen molar-refractivity contribution in [1.29, 1.82) is 0 Å². The minimum Gasteiger partial charge on any atom is -0.330 e. The number of hydrogen-bond donors (Lipinski definition) is 1. The molecule has 1 fully saturated rings. The van der Waals surface area contributed by atoms with Crippen molar-refractivity contribution >= 4 is 0 Å². The predicted octanol–water partition coefficient (Wildman–Crippen LogP) is 4.39. The second kappa shape index (κ2) is 6.09. The third-order valence-corrected chi connectivity index (χ3v) is 5.25. The first kappa shape index (κ1) is 14.6. The van der Waals surface area contributed by atoms with Crippen LogP contribution in [0.15, 0.2) is 18.2 Å². The van der Waals surface area contributed by atoms with E-state index >= 15 is 0 Å². The van der Waals surface area contributed by atoms with E-state index in [2.05, 4.69) is 39.0 Å². The summed E-state index contributed by atoms with van der Waals surface area (Å²) in [5.41, 5.74) is 11.0. The van der Waals surface area contributed by atoms with Gasteiger partial charge in [-0.1, -0.05) is 44.4 Å². The Balaban J connectivity index is 2.23. The van der Waals surface area contributed by atoms with Gasteiger partial charge >= 0.3 is 0 Å². The molecule has 0 radical (unpaired) electrons. The monoisotopic (exact) mass is 259 g/mol. The van der Waals surface area contributed by atoms with E-state index in [0.29, 0.717) is 5.41 Å². The first-order valence-electron chi connectivity index (χ1n) is 7.85. The van der Waals surface area contributed by atoms with Gasteiger partial charge in [0.2, 0.25) is 0 Å². The van der Waals surface area contributed by atoms with E-state index in [1.807, 2.05) is 0 Å². The van der Waals surface area contributed by atoms with Gasteiger partial charge in [-0.05, 0) is 67.7 Å². The van der Waals surface area contributed by atoms with Gasteiger partial charge in [-0.2, -0.15) is 0 Å². The fourth-order valence-corrected chi connectivity index (χ4v) is 3.85. The standard InChI is InChI=1S/C18H29N/c1-4-16-9-6-10-18(11-16,13-19)12-17-14(2)7-5-8-15(17)3/h5,7-8,16H,4,6,9-13,19H2,1-3H3. The summed E-state index contributed by atoms with van der Waals surface area (Å²) in [7, 11) is 0. The van der Waals surface area contributed by atoms with Crippen LogP contribution < -0.4 is 5.73 Å². The van der Waals surface area contributed by atoms with Crippen LogP contribution in [0.3, 0.4) is 0 Å². The summed E-state index contributed by atoms with van der Waals surface area (Å²) in [6.45, 7) is 7.66. The van der Waals surface area contributed by atoms with Crippen LogP contribution in [0, 0.1) is 25.2 Å². The Morgan fingerprint density at radius 3 is 2.53 bits per heavy atom. The van der Waals surface area contributed by atoms with E-state index in [1.54, 1.807) is 5.56 Å². The van der Waals surface area contributed by atoms with E-state index in [1.165, 1.54) is 49.7 Å². The van der Waals surface area contributed by atoms with Crippen LogP contribution in [-0.4, -0.2) is 6.54 Å². The number of rotatable bonds is 4. The molecule has 1 aliphatic carbocycles. The molecular formula is C18H29N. The van der Waals surface area contributed by atoms with Crippen molar-refractivity contribution in [2.24, 2.45) is 17.1 Å². The molecule has 2 atom stereocenters. The van der Waals surface area contributed by atoms with Gasteiger partial charge in [0.05, 0.1) is 0 Å². The van der Waals surface area contributed by atoms with Crippen molar-refractivity contribution in [3.05, 3.63) is 34.9 Å². The van der Waals surface area contributed by atoms with Crippen LogP contribution >= 0.6 is 0 Å². The van der Waals surface area contributed by atoms with Crippen LogP contribution in [0.5, 0.6) is 0 Å². The lowest BCUT2D eigenvalue weighted by Gasteiger charge is -2.41. The average Bonchev–Trinajstić information content (AvgIpc) is 2.43. The van der Waals surface area contributed by atoms with E-state index < -0.39 is 0 Å². The molecule has 2 unspecified atom stereocenters. The number of benzene rings is 1. The first-order chi connectivity index (χ1) is 9.10. The topological polar surface area (TPSA) is 26.0 Å². The summed E-state index contributed by atoms with van der Waals surface area (Å²) in [4.78, 5) is 0. The molecular weight excluding hydrogens is 230 g/mol. The van der Waals surface area contributed by atoms with Gasteiger partial charge < -0.3 is 5.73 Å². The highest BCUT2D eigenvalue weighted by atomic mass is 14.6. The Bertz CT molecular complexity index is 403. The van der Waals surface area contributed by atoms with Crippen LogP contribution in [0.25, 0.3) is 0 Å². The SMILES string of the molecule is CCC1CCCC(CN)(Cc2c(C)cccc2C)C1. The maximum absolute atomic E-state index is 6.20. The molecule has 2 rings (SSSR count). The maximum Gasteiger partial charge on any atom is -0.00172 e. The zero-order chi connectivity index (χ0) is 13.9. The molecule has 1 aliphatic rings. The van der Waals surface area contributed by atoms with Crippen LogP contribution in [0.4, 0.5) is 0 Å². The molecule has 1 saturated carbocycles. The summed E-state index contributed by atoms with van der Waals surface area (Å²) in [6, 6.07) is 6.65. The van der Waals surface area contributed by atoms with Crippen LogP contribution in [0.1, 0.15) is 55.7 Å². The van der Waals surface area contributed by atoms with E-state index in [9.17, 15) is 0 Å². The molecule has 0 aromatic heterocycles. The summed E-state index contributed by atoms with van der Waals surface area (Å²) in [6.07, 6.45) is 7.90.